The summed E-state index contributed by atoms with van der Waals surface area (Å²) in [7, 11) is 0. The minimum atomic E-state index is -0.710. The van der Waals surface area contributed by atoms with Gasteiger partial charge in [-0.15, -0.1) is 0 Å². The molecule has 1 atom stereocenters. The van der Waals surface area contributed by atoms with E-state index in [0.717, 1.165) is 42.9 Å². The maximum atomic E-state index is 13.8. The van der Waals surface area contributed by atoms with Gasteiger partial charge in [-0.3, -0.25) is 4.79 Å². The molecule has 6 heteroatoms. The summed E-state index contributed by atoms with van der Waals surface area (Å²) in [5, 5.41) is 6.89. The van der Waals surface area contributed by atoms with Crippen LogP contribution in [0.4, 0.5) is 15.8 Å². The molecule has 2 aromatic carbocycles. The molecule has 1 N–H and O–H groups in total. The van der Waals surface area contributed by atoms with Crippen molar-refractivity contribution in [2.45, 2.75) is 31.8 Å². The van der Waals surface area contributed by atoms with E-state index in [0.29, 0.717) is 12.1 Å². The van der Waals surface area contributed by atoms with Crippen LogP contribution in [0.5, 0.6) is 0 Å². The fourth-order valence-corrected chi connectivity index (χ4v) is 3.55. The Hall–Kier alpha value is -2.89. The third kappa shape index (κ3) is 3.94. The summed E-state index contributed by atoms with van der Waals surface area (Å²) in [4.78, 5) is 20.2. The molecular weight excluding hydrogens is 345 g/mol. The molecule has 1 unspecified atom stereocenters. The third-order valence-corrected chi connectivity index (χ3v) is 4.98. The van der Waals surface area contributed by atoms with Gasteiger partial charge < -0.3 is 15.1 Å². The monoisotopic (exact) mass is 367 g/mol. The van der Waals surface area contributed by atoms with Crippen LogP contribution in [-0.2, 0) is 9.63 Å². The molecule has 0 saturated carbocycles. The van der Waals surface area contributed by atoms with Crippen LogP contribution >= 0.6 is 0 Å². The Balaban J connectivity index is 1.46. The number of oxime groups is 1. The van der Waals surface area contributed by atoms with Crippen molar-refractivity contribution in [3.8, 4) is 0 Å². The molecule has 27 heavy (non-hydrogen) atoms. The van der Waals surface area contributed by atoms with E-state index >= 15 is 0 Å². The number of piperidine rings is 1. The van der Waals surface area contributed by atoms with Gasteiger partial charge in [0.1, 0.15) is 5.82 Å². The van der Waals surface area contributed by atoms with Gasteiger partial charge in [0.2, 0.25) is 6.10 Å². The molecule has 0 spiro atoms. The third-order valence-electron chi connectivity index (χ3n) is 4.98. The Bertz CT molecular complexity index is 848. The lowest BCUT2D eigenvalue weighted by atomic mass is 10.0. The zero-order valence-corrected chi connectivity index (χ0v) is 15.0. The quantitative estimate of drug-likeness (QED) is 0.890. The number of nitrogens with one attached hydrogen (secondary N) is 1. The number of carbonyl (C=O) groups is 1. The van der Waals surface area contributed by atoms with Gasteiger partial charge in [-0.05, 0) is 43.0 Å². The molecule has 0 radical (unpaired) electrons. The van der Waals surface area contributed by atoms with E-state index in [1.54, 1.807) is 6.07 Å². The van der Waals surface area contributed by atoms with Crippen LogP contribution in [0.3, 0.4) is 0 Å². The van der Waals surface area contributed by atoms with Crippen LogP contribution in [0, 0.1) is 5.82 Å². The van der Waals surface area contributed by atoms with Gasteiger partial charge in [-0.25, -0.2) is 4.39 Å². The van der Waals surface area contributed by atoms with E-state index in [9.17, 15) is 9.18 Å². The number of anilines is 2. The molecule has 1 fully saturated rings. The summed E-state index contributed by atoms with van der Waals surface area (Å²) in [5.41, 5.74) is 3.02. The molecular formula is C21H22FN3O2. The molecule has 2 aliphatic heterocycles. The number of benzene rings is 2. The molecule has 2 heterocycles. The van der Waals surface area contributed by atoms with Crippen molar-refractivity contribution in [3.63, 3.8) is 0 Å². The number of hydrogen-bond acceptors (Lipinski definition) is 4. The van der Waals surface area contributed by atoms with Gasteiger partial charge in [-0.2, -0.15) is 0 Å². The van der Waals surface area contributed by atoms with Crippen LogP contribution < -0.4 is 10.2 Å². The summed E-state index contributed by atoms with van der Waals surface area (Å²) in [6.07, 6.45) is 3.09. The predicted octanol–water partition coefficient (Wildman–Crippen LogP) is 3.95. The summed E-state index contributed by atoms with van der Waals surface area (Å²) >= 11 is 0. The van der Waals surface area contributed by atoms with Crippen molar-refractivity contribution in [2.75, 3.05) is 23.3 Å². The number of halogens is 1. The summed E-state index contributed by atoms with van der Waals surface area (Å²) in [6, 6.07) is 14.2. The van der Waals surface area contributed by atoms with Gasteiger partial charge in [0.25, 0.3) is 5.91 Å². The maximum absolute atomic E-state index is 13.8. The van der Waals surface area contributed by atoms with Crippen molar-refractivity contribution >= 4 is 23.0 Å². The fraction of sp³-hybridized carbons (Fsp3) is 0.333. The van der Waals surface area contributed by atoms with Gasteiger partial charge in [0.15, 0.2) is 0 Å². The van der Waals surface area contributed by atoms with E-state index < -0.39 is 6.10 Å². The second-order valence-corrected chi connectivity index (χ2v) is 6.90. The van der Waals surface area contributed by atoms with Crippen molar-refractivity contribution in [1.29, 1.82) is 0 Å². The van der Waals surface area contributed by atoms with E-state index in [1.807, 2.05) is 30.3 Å². The van der Waals surface area contributed by atoms with Crippen molar-refractivity contribution < 1.29 is 14.0 Å². The SMILES string of the molecule is O=C(Nc1cc(F)ccc1N1CCCCC1)C1CC(c2ccccc2)=NO1. The fourth-order valence-electron chi connectivity index (χ4n) is 3.55. The maximum Gasteiger partial charge on any atom is 0.268 e. The lowest BCUT2D eigenvalue weighted by Crippen LogP contribution is -2.32. The van der Waals surface area contributed by atoms with Gasteiger partial charge in [-0.1, -0.05) is 35.5 Å². The molecule has 4 rings (SSSR count). The molecule has 0 bridgehead atoms. The average Bonchev–Trinajstić information content (AvgIpc) is 3.20. The van der Waals surface area contributed by atoms with Gasteiger partial charge in [0, 0.05) is 19.5 Å². The average molecular weight is 367 g/mol. The van der Waals surface area contributed by atoms with E-state index in [2.05, 4.69) is 15.4 Å². The Morgan fingerprint density at radius 1 is 1.11 bits per heavy atom. The molecule has 2 aromatic rings. The molecule has 1 saturated heterocycles. The predicted molar refractivity (Wildman–Crippen MR) is 104 cm³/mol. The van der Waals surface area contributed by atoms with Crippen molar-refractivity contribution in [1.82, 2.24) is 0 Å². The van der Waals surface area contributed by atoms with E-state index in [1.165, 1.54) is 18.6 Å². The number of hydrogen-bond donors (Lipinski definition) is 1. The first-order chi connectivity index (χ1) is 13.2. The molecule has 140 valence electrons. The second-order valence-electron chi connectivity index (χ2n) is 6.90. The highest BCUT2D eigenvalue weighted by Crippen LogP contribution is 2.30. The molecule has 2 aliphatic rings. The van der Waals surface area contributed by atoms with Crippen LogP contribution in [0.1, 0.15) is 31.2 Å². The Morgan fingerprint density at radius 3 is 2.67 bits per heavy atom. The normalized spacial score (nSPS) is 19.4. The van der Waals surface area contributed by atoms with E-state index in [4.69, 9.17) is 4.84 Å². The topological polar surface area (TPSA) is 53.9 Å². The Kier molecular flexibility index (Phi) is 5.05. The van der Waals surface area contributed by atoms with E-state index in [-0.39, 0.29) is 11.7 Å². The van der Waals surface area contributed by atoms with Crippen LogP contribution in [-0.4, -0.2) is 30.8 Å². The minimum Gasteiger partial charge on any atom is -0.382 e. The van der Waals surface area contributed by atoms with Gasteiger partial charge in [0.05, 0.1) is 17.1 Å². The summed E-state index contributed by atoms with van der Waals surface area (Å²) in [5.74, 6) is -0.687. The summed E-state index contributed by atoms with van der Waals surface area (Å²) < 4.78 is 13.8. The lowest BCUT2D eigenvalue weighted by Gasteiger charge is -2.30. The first kappa shape index (κ1) is 17.5. The highest BCUT2D eigenvalue weighted by atomic mass is 19.1. The highest BCUT2D eigenvalue weighted by molar-refractivity contribution is 6.06. The van der Waals surface area contributed by atoms with Crippen LogP contribution in [0.2, 0.25) is 0 Å². The van der Waals surface area contributed by atoms with Crippen LogP contribution in [0.15, 0.2) is 53.7 Å². The zero-order valence-electron chi connectivity index (χ0n) is 15.0. The highest BCUT2D eigenvalue weighted by Gasteiger charge is 2.29. The largest absolute Gasteiger partial charge is 0.382 e. The molecule has 5 nitrogen and oxygen atoms in total. The number of nitrogens with zero attached hydrogens (tertiary/aromatic N) is 2. The number of amides is 1. The zero-order chi connectivity index (χ0) is 18.6. The Morgan fingerprint density at radius 2 is 1.89 bits per heavy atom. The second kappa shape index (κ2) is 7.78. The lowest BCUT2D eigenvalue weighted by molar-refractivity contribution is -0.125. The Labute approximate surface area is 157 Å². The minimum absolute atomic E-state index is 0.312. The molecule has 0 aliphatic carbocycles. The molecule has 1 amide bonds. The van der Waals surface area contributed by atoms with Crippen LogP contribution in [0.25, 0.3) is 0 Å². The first-order valence-corrected chi connectivity index (χ1v) is 9.34. The smallest absolute Gasteiger partial charge is 0.268 e. The summed E-state index contributed by atoms with van der Waals surface area (Å²) in [6.45, 7) is 1.82. The first-order valence-electron chi connectivity index (χ1n) is 9.34. The van der Waals surface area contributed by atoms with Gasteiger partial charge >= 0.3 is 0 Å². The standard InChI is InChI=1S/C21H22FN3O2/c22-16-9-10-19(25-11-5-2-6-12-25)18(13-16)23-21(26)20-14-17(24-27-20)15-7-3-1-4-8-15/h1,3-4,7-10,13,20H,2,5-6,11-12,14H2,(H,23,26). The van der Waals surface area contributed by atoms with Crippen molar-refractivity contribution in [3.05, 3.63) is 59.9 Å². The number of rotatable bonds is 4. The van der Waals surface area contributed by atoms with Crippen molar-refractivity contribution in [2.24, 2.45) is 5.16 Å². The number of carbonyl (C=O) groups excluding carboxylic acids is 1. The molecule has 0 aromatic heterocycles.